The van der Waals surface area contributed by atoms with E-state index < -0.39 is 0 Å². The normalized spacial score (nSPS) is 16.4. The number of aliphatic imine (C=N–C) groups is 1. The predicted molar refractivity (Wildman–Crippen MR) is 125 cm³/mol. The van der Waals surface area contributed by atoms with Gasteiger partial charge in [-0.05, 0) is 51.5 Å². The maximum Gasteiger partial charge on any atom is 0.191 e. The largest absolute Gasteiger partial charge is 0.496 e. The molecule has 0 amide bonds. The van der Waals surface area contributed by atoms with Gasteiger partial charge in [0.1, 0.15) is 5.75 Å². The molecule has 1 aromatic carbocycles. The molecule has 0 unspecified atom stereocenters. The summed E-state index contributed by atoms with van der Waals surface area (Å²) in [5.41, 5.74) is 2.48. The molecule has 1 heterocycles. The summed E-state index contributed by atoms with van der Waals surface area (Å²) in [6, 6.07) is 6.31. The standard InChI is InChI=1S/C20H35N5O.HI/c1-17-6-7-19(26-4)18(16-17)8-9-22-20(21-2)23-10-13-25-12-5-11-24(3)14-15-25;/h6-7,16H,5,8-15H2,1-4H3,(H2,21,22,23);1H. The van der Waals surface area contributed by atoms with E-state index in [1.807, 2.05) is 13.1 Å². The van der Waals surface area contributed by atoms with Crippen molar-refractivity contribution in [1.29, 1.82) is 0 Å². The van der Waals surface area contributed by atoms with E-state index in [1.54, 1.807) is 7.11 Å². The average Bonchev–Trinajstić information content (AvgIpc) is 2.85. The van der Waals surface area contributed by atoms with Crippen molar-refractivity contribution >= 4 is 29.9 Å². The number of likely N-dealkylation sites (N-methyl/N-ethyl adjacent to an activating group) is 1. The van der Waals surface area contributed by atoms with Gasteiger partial charge >= 0.3 is 0 Å². The summed E-state index contributed by atoms with van der Waals surface area (Å²) in [4.78, 5) is 9.27. The van der Waals surface area contributed by atoms with Crippen LogP contribution in [0.1, 0.15) is 17.5 Å². The summed E-state index contributed by atoms with van der Waals surface area (Å²) < 4.78 is 5.45. The molecule has 0 saturated carbocycles. The van der Waals surface area contributed by atoms with E-state index in [1.165, 1.54) is 30.6 Å². The third kappa shape index (κ3) is 8.66. The number of methoxy groups -OCH3 is 1. The van der Waals surface area contributed by atoms with E-state index in [-0.39, 0.29) is 24.0 Å². The molecule has 6 nitrogen and oxygen atoms in total. The van der Waals surface area contributed by atoms with Crippen LogP contribution in [0.15, 0.2) is 23.2 Å². The minimum Gasteiger partial charge on any atom is -0.496 e. The van der Waals surface area contributed by atoms with Gasteiger partial charge in [0.05, 0.1) is 7.11 Å². The van der Waals surface area contributed by atoms with Gasteiger partial charge in [0.15, 0.2) is 5.96 Å². The minimum atomic E-state index is 0. The number of nitrogens with one attached hydrogen (secondary N) is 2. The molecular weight excluding hydrogens is 453 g/mol. The van der Waals surface area contributed by atoms with Gasteiger partial charge in [-0.1, -0.05) is 17.7 Å². The van der Waals surface area contributed by atoms with Crippen LogP contribution in [0.3, 0.4) is 0 Å². The Morgan fingerprint density at radius 3 is 2.67 bits per heavy atom. The van der Waals surface area contributed by atoms with Crippen molar-refractivity contribution in [3.05, 3.63) is 29.3 Å². The fourth-order valence-electron chi connectivity index (χ4n) is 3.29. The molecule has 0 bridgehead atoms. The van der Waals surface area contributed by atoms with E-state index in [4.69, 9.17) is 4.74 Å². The second kappa shape index (κ2) is 13.2. The zero-order valence-electron chi connectivity index (χ0n) is 17.3. The first-order valence-corrected chi connectivity index (χ1v) is 9.61. The lowest BCUT2D eigenvalue weighted by Gasteiger charge is -2.21. The van der Waals surface area contributed by atoms with Crippen molar-refractivity contribution in [3.8, 4) is 5.75 Å². The van der Waals surface area contributed by atoms with Crippen LogP contribution in [0, 0.1) is 6.92 Å². The molecule has 2 rings (SSSR count). The smallest absolute Gasteiger partial charge is 0.191 e. The SMILES string of the molecule is CN=C(NCCc1cc(C)ccc1OC)NCCN1CCCN(C)CC1.I. The Labute approximate surface area is 181 Å². The topological polar surface area (TPSA) is 52.1 Å². The molecule has 27 heavy (non-hydrogen) atoms. The highest BCUT2D eigenvalue weighted by molar-refractivity contribution is 14.0. The van der Waals surface area contributed by atoms with Crippen molar-refractivity contribution in [1.82, 2.24) is 20.4 Å². The number of hydrogen-bond donors (Lipinski definition) is 2. The maximum atomic E-state index is 5.45. The number of guanidine groups is 1. The van der Waals surface area contributed by atoms with Gasteiger partial charge in [0, 0.05) is 39.8 Å². The van der Waals surface area contributed by atoms with Gasteiger partial charge in [-0.15, -0.1) is 24.0 Å². The Morgan fingerprint density at radius 1 is 1.15 bits per heavy atom. The van der Waals surface area contributed by atoms with Gasteiger partial charge in [-0.3, -0.25) is 4.99 Å². The summed E-state index contributed by atoms with van der Waals surface area (Å²) >= 11 is 0. The highest BCUT2D eigenvalue weighted by Gasteiger charge is 2.11. The van der Waals surface area contributed by atoms with E-state index >= 15 is 0 Å². The van der Waals surface area contributed by atoms with Gasteiger partial charge in [-0.2, -0.15) is 0 Å². The number of rotatable bonds is 7. The van der Waals surface area contributed by atoms with E-state index in [0.29, 0.717) is 0 Å². The zero-order chi connectivity index (χ0) is 18.8. The summed E-state index contributed by atoms with van der Waals surface area (Å²) in [7, 11) is 5.75. The number of benzene rings is 1. The Kier molecular flexibility index (Phi) is 11.7. The third-order valence-electron chi connectivity index (χ3n) is 4.88. The van der Waals surface area contributed by atoms with Crippen LogP contribution < -0.4 is 15.4 Å². The maximum absolute atomic E-state index is 5.45. The molecule has 0 spiro atoms. The zero-order valence-corrected chi connectivity index (χ0v) is 19.6. The first-order valence-electron chi connectivity index (χ1n) is 9.61. The molecule has 7 heteroatoms. The molecule has 0 atom stereocenters. The quantitative estimate of drug-likeness (QED) is 0.349. The number of halogens is 1. The van der Waals surface area contributed by atoms with Gasteiger partial charge in [0.2, 0.25) is 0 Å². The second-order valence-corrected chi connectivity index (χ2v) is 6.99. The van der Waals surface area contributed by atoms with Gasteiger partial charge < -0.3 is 25.2 Å². The molecule has 1 aliphatic rings. The van der Waals surface area contributed by atoms with Crippen molar-refractivity contribution in [3.63, 3.8) is 0 Å². The Bertz CT molecular complexity index is 581. The molecule has 1 aliphatic heterocycles. The van der Waals surface area contributed by atoms with Crippen LogP contribution in [-0.2, 0) is 6.42 Å². The highest BCUT2D eigenvalue weighted by Crippen LogP contribution is 2.19. The van der Waals surface area contributed by atoms with Gasteiger partial charge in [0.25, 0.3) is 0 Å². The third-order valence-corrected chi connectivity index (χ3v) is 4.88. The van der Waals surface area contributed by atoms with Crippen LogP contribution >= 0.6 is 24.0 Å². The van der Waals surface area contributed by atoms with Crippen LogP contribution in [-0.4, -0.2) is 82.8 Å². The first kappa shape index (κ1) is 24.0. The molecule has 1 saturated heterocycles. The van der Waals surface area contributed by atoms with Crippen molar-refractivity contribution in [2.75, 3.05) is 67.0 Å². The molecule has 0 radical (unpaired) electrons. The van der Waals surface area contributed by atoms with Crippen LogP contribution in [0.4, 0.5) is 0 Å². The summed E-state index contributed by atoms with van der Waals surface area (Å²) in [6.07, 6.45) is 2.16. The number of hydrogen-bond acceptors (Lipinski definition) is 4. The summed E-state index contributed by atoms with van der Waals surface area (Å²) in [6.45, 7) is 9.60. The number of ether oxygens (including phenoxy) is 1. The van der Waals surface area contributed by atoms with E-state index in [9.17, 15) is 0 Å². The summed E-state index contributed by atoms with van der Waals surface area (Å²) in [5, 5.41) is 6.83. The first-order chi connectivity index (χ1) is 12.6. The number of nitrogens with zero attached hydrogens (tertiary/aromatic N) is 3. The number of aryl methyl sites for hydroxylation is 1. The minimum absolute atomic E-state index is 0. The van der Waals surface area contributed by atoms with Crippen molar-refractivity contribution < 1.29 is 4.74 Å². The molecule has 2 N–H and O–H groups in total. The Balaban J connectivity index is 0.00000364. The van der Waals surface area contributed by atoms with E-state index in [2.05, 4.69) is 51.5 Å². The van der Waals surface area contributed by atoms with Crippen LogP contribution in [0.25, 0.3) is 0 Å². The fourth-order valence-corrected chi connectivity index (χ4v) is 3.29. The average molecular weight is 489 g/mol. The molecular formula is C20H36IN5O. The monoisotopic (exact) mass is 489 g/mol. The van der Waals surface area contributed by atoms with Gasteiger partial charge in [-0.25, -0.2) is 0 Å². The molecule has 0 aromatic heterocycles. The molecule has 0 aliphatic carbocycles. The lowest BCUT2D eigenvalue weighted by Crippen LogP contribution is -2.42. The summed E-state index contributed by atoms with van der Waals surface area (Å²) in [5.74, 6) is 1.81. The Morgan fingerprint density at radius 2 is 1.93 bits per heavy atom. The molecule has 1 fully saturated rings. The van der Waals surface area contributed by atoms with Crippen molar-refractivity contribution in [2.45, 2.75) is 19.8 Å². The van der Waals surface area contributed by atoms with Crippen molar-refractivity contribution in [2.24, 2.45) is 4.99 Å². The fraction of sp³-hybridized carbons (Fsp3) is 0.650. The van der Waals surface area contributed by atoms with E-state index in [0.717, 1.165) is 50.9 Å². The lowest BCUT2D eigenvalue weighted by atomic mass is 10.1. The van der Waals surface area contributed by atoms with Crippen LogP contribution in [0.5, 0.6) is 5.75 Å². The molecule has 1 aromatic rings. The van der Waals surface area contributed by atoms with Crippen LogP contribution in [0.2, 0.25) is 0 Å². The second-order valence-electron chi connectivity index (χ2n) is 6.99. The highest BCUT2D eigenvalue weighted by atomic mass is 127. The predicted octanol–water partition coefficient (Wildman–Crippen LogP) is 1.97. The Hall–Kier alpha value is -1.06. The lowest BCUT2D eigenvalue weighted by molar-refractivity contribution is 0.280. The molecule has 154 valence electrons.